The summed E-state index contributed by atoms with van der Waals surface area (Å²) in [5.41, 5.74) is 2.60. The SMILES string of the molecule is CC(=O)Oc1ccccc1-c1nnc(CN(c2ccccc2)c2ccccc2)o1. The zero-order valence-corrected chi connectivity index (χ0v) is 15.9. The molecule has 3 aromatic carbocycles. The summed E-state index contributed by atoms with van der Waals surface area (Å²) >= 11 is 0. The standard InChI is InChI=1S/C23H19N3O3/c1-17(27)28-21-15-9-8-14-20(21)23-25-24-22(29-23)16-26(18-10-4-2-5-11-18)19-12-6-3-7-13-19/h2-15H,16H2,1H3. The van der Waals surface area contributed by atoms with Crippen molar-refractivity contribution < 1.29 is 13.9 Å². The fourth-order valence-electron chi connectivity index (χ4n) is 3.00. The Morgan fingerprint density at radius 2 is 1.45 bits per heavy atom. The quantitative estimate of drug-likeness (QED) is 0.344. The van der Waals surface area contributed by atoms with Crippen molar-refractivity contribution in [1.82, 2.24) is 10.2 Å². The van der Waals surface area contributed by atoms with Gasteiger partial charge in [-0.05, 0) is 36.4 Å². The lowest BCUT2D eigenvalue weighted by atomic mass is 10.2. The highest BCUT2D eigenvalue weighted by atomic mass is 16.5. The van der Waals surface area contributed by atoms with Gasteiger partial charge in [-0.1, -0.05) is 48.5 Å². The maximum Gasteiger partial charge on any atom is 0.308 e. The van der Waals surface area contributed by atoms with Crippen molar-refractivity contribution in [2.24, 2.45) is 0 Å². The molecule has 6 nitrogen and oxygen atoms in total. The third-order valence-corrected chi connectivity index (χ3v) is 4.27. The van der Waals surface area contributed by atoms with Gasteiger partial charge >= 0.3 is 5.97 Å². The van der Waals surface area contributed by atoms with Crippen LogP contribution in [-0.4, -0.2) is 16.2 Å². The van der Waals surface area contributed by atoms with Gasteiger partial charge in [-0.15, -0.1) is 10.2 Å². The molecule has 0 unspecified atom stereocenters. The summed E-state index contributed by atoms with van der Waals surface area (Å²) in [5.74, 6) is 0.734. The molecule has 0 amide bonds. The maximum absolute atomic E-state index is 11.4. The minimum absolute atomic E-state index is 0.304. The fourth-order valence-corrected chi connectivity index (χ4v) is 3.00. The minimum Gasteiger partial charge on any atom is -0.426 e. The third-order valence-electron chi connectivity index (χ3n) is 4.27. The zero-order valence-electron chi connectivity index (χ0n) is 15.9. The molecule has 0 aliphatic rings. The molecular weight excluding hydrogens is 366 g/mol. The summed E-state index contributed by atoms with van der Waals surface area (Å²) in [4.78, 5) is 13.5. The Bertz CT molecular complexity index is 1060. The van der Waals surface area contributed by atoms with E-state index in [4.69, 9.17) is 9.15 Å². The van der Waals surface area contributed by atoms with Gasteiger partial charge in [0.25, 0.3) is 5.89 Å². The Morgan fingerprint density at radius 3 is 2.07 bits per heavy atom. The molecule has 4 rings (SSSR count). The van der Waals surface area contributed by atoms with E-state index in [9.17, 15) is 4.79 Å². The van der Waals surface area contributed by atoms with E-state index < -0.39 is 5.97 Å². The Morgan fingerprint density at radius 1 is 0.862 bits per heavy atom. The molecule has 0 radical (unpaired) electrons. The van der Waals surface area contributed by atoms with Crippen molar-refractivity contribution in [2.75, 3.05) is 4.90 Å². The van der Waals surface area contributed by atoms with Crippen LogP contribution in [0.3, 0.4) is 0 Å². The van der Waals surface area contributed by atoms with E-state index in [0.717, 1.165) is 11.4 Å². The molecule has 0 atom stereocenters. The van der Waals surface area contributed by atoms with Gasteiger partial charge in [0, 0.05) is 18.3 Å². The van der Waals surface area contributed by atoms with Crippen LogP contribution in [0.25, 0.3) is 11.5 Å². The third kappa shape index (κ3) is 4.32. The number of carbonyl (C=O) groups excluding carboxylic acids is 1. The Kier molecular flexibility index (Phi) is 5.33. The molecule has 0 saturated heterocycles. The van der Waals surface area contributed by atoms with Crippen molar-refractivity contribution in [1.29, 1.82) is 0 Å². The van der Waals surface area contributed by atoms with Crippen molar-refractivity contribution in [3.63, 3.8) is 0 Å². The molecule has 0 aliphatic heterocycles. The Hall–Kier alpha value is -3.93. The maximum atomic E-state index is 11.4. The first-order valence-electron chi connectivity index (χ1n) is 9.18. The first-order chi connectivity index (χ1) is 14.2. The molecule has 0 bridgehead atoms. The van der Waals surface area contributed by atoms with E-state index in [1.807, 2.05) is 66.7 Å². The molecule has 0 N–H and O–H groups in total. The van der Waals surface area contributed by atoms with Gasteiger partial charge in [0.1, 0.15) is 12.3 Å². The van der Waals surface area contributed by atoms with Gasteiger partial charge in [0.2, 0.25) is 5.89 Å². The largest absolute Gasteiger partial charge is 0.426 e. The van der Waals surface area contributed by atoms with Gasteiger partial charge in [-0.3, -0.25) is 4.79 Å². The van der Waals surface area contributed by atoms with E-state index in [1.54, 1.807) is 18.2 Å². The van der Waals surface area contributed by atoms with Crippen molar-refractivity contribution >= 4 is 17.3 Å². The summed E-state index contributed by atoms with van der Waals surface area (Å²) in [6.45, 7) is 1.75. The number of para-hydroxylation sites is 3. The summed E-state index contributed by atoms with van der Waals surface area (Å²) in [5, 5.41) is 8.36. The zero-order chi connectivity index (χ0) is 20.1. The van der Waals surface area contributed by atoms with E-state index in [1.165, 1.54) is 6.92 Å². The van der Waals surface area contributed by atoms with Crippen molar-refractivity contribution in [3.8, 4) is 17.2 Å². The number of ether oxygens (including phenoxy) is 1. The molecule has 0 aliphatic carbocycles. The van der Waals surface area contributed by atoms with Crippen molar-refractivity contribution in [3.05, 3.63) is 90.8 Å². The van der Waals surface area contributed by atoms with Gasteiger partial charge in [0.15, 0.2) is 0 Å². The number of benzene rings is 3. The highest BCUT2D eigenvalue weighted by Crippen LogP contribution is 2.31. The van der Waals surface area contributed by atoms with Gasteiger partial charge in [0.05, 0.1) is 5.56 Å². The van der Waals surface area contributed by atoms with Crippen LogP contribution in [0.4, 0.5) is 11.4 Å². The second-order valence-corrected chi connectivity index (χ2v) is 6.35. The molecule has 144 valence electrons. The van der Waals surface area contributed by atoms with Crippen molar-refractivity contribution in [2.45, 2.75) is 13.5 Å². The molecule has 1 aromatic heterocycles. The molecule has 29 heavy (non-hydrogen) atoms. The normalized spacial score (nSPS) is 10.5. The van der Waals surface area contributed by atoms with Crippen LogP contribution in [-0.2, 0) is 11.3 Å². The van der Waals surface area contributed by atoms with Crippen LogP contribution in [0.15, 0.2) is 89.3 Å². The lowest BCUT2D eigenvalue weighted by Crippen LogP contribution is -2.16. The second-order valence-electron chi connectivity index (χ2n) is 6.35. The Labute approximate surface area is 168 Å². The highest BCUT2D eigenvalue weighted by Gasteiger charge is 2.17. The smallest absolute Gasteiger partial charge is 0.308 e. The number of hydrogen-bond acceptors (Lipinski definition) is 6. The topological polar surface area (TPSA) is 68.5 Å². The number of esters is 1. The first kappa shape index (κ1) is 18.4. The van der Waals surface area contributed by atoms with Gasteiger partial charge in [-0.25, -0.2) is 0 Å². The number of aromatic nitrogens is 2. The van der Waals surface area contributed by atoms with E-state index >= 15 is 0 Å². The lowest BCUT2D eigenvalue weighted by molar-refractivity contribution is -0.131. The first-order valence-corrected chi connectivity index (χ1v) is 9.18. The monoisotopic (exact) mass is 385 g/mol. The molecule has 6 heteroatoms. The predicted molar refractivity (Wildman–Crippen MR) is 110 cm³/mol. The van der Waals surface area contributed by atoms with Gasteiger partial charge < -0.3 is 14.1 Å². The minimum atomic E-state index is -0.406. The lowest BCUT2D eigenvalue weighted by Gasteiger charge is -2.23. The molecule has 0 fully saturated rings. The predicted octanol–water partition coefficient (Wildman–Crippen LogP) is 5.00. The summed E-state index contributed by atoms with van der Waals surface area (Å²) in [6, 6.07) is 27.1. The van der Waals surface area contributed by atoms with E-state index in [2.05, 4.69) is 15.1 Å². The molecule has 0 saturated carbocycles. The molecule has 4 aromatic rings. The van der Waals surface area contributed by atoms with Crippen LogP contribution in [0.1, 0.15) is 12.8 Å². The number of hydrogen-bond donors (Lipinski definition) is 0. The Balaban J connectivity index is 1.65. The molecule has 0 spiro atoms. The number of nitrogens with zero attached hydrogens (tertiary/aromatic N) is 3. The van der Waals surface area contributed by atoms with Gasteiger partial charge in [-0.2, -0.15) is 0 Å². The number of rotatable bonds is 6. The summed E-state index contributed by atoms with van der Waals surface area (Å²) < 4.78 is 11.2. The van der Waals surface area contributed by atoms with E-state index in [-0.39, 0.29) is 0 Å². The fraction of sp³-hybridized carbons (Fsp3) is 0.0870. The van der Waals surface area contributed by atoms with Crippen LogP contribution >= 0.6 is 0 Å². The van der Waals surface area contributed by atoms with Crippen LogP contribution in [0.5, 0.6) is 5.75 Å². The highest BCUT2D eigenvalue weighted by molar-refractivity contribution is 5.73. The molecular formula is C23H19N3O3. The summed E-state index contributed by atoms with van der Waals surface area (Å²) in [6.07, 6.45) is 0. The molecule has 1 heterocycles. The average molecular weight is 385 g/mol. The number of anilines is 2. The van der Waals surface area contributed by atoms with Crippen LogP contribution in [0.2, 0.25) is 0 Å². The second kappa shape index (κ2) is 8.39. The number of carbonyl (C=O) groups is 1. The van der Waals surface area contributed by atoms with E-state index in [0.29, 0.717) is 29.6 Å². The van der Waals surface area contributed by atoms with Crippen LogP contribution in [0, 0.1) is 0 Å². The van der Waals surface area contributed by atoms with Crippen LogP contribution < -0.4 is 9.64 Å². The summed E-state index contributed by atoms with van der Waals surface area (Å²) in [7, 11) is 0. The average Bonchev–Trinajstić information content (AvgIpc) is 3.22.